The summed E-state index contributed by atoms with van der Waals surface area (Å²) < 4.78 is 46.0. The topological polar surface area (TPSA) is 129 Å². The molecule has 0 aliphatic rings. The molecule has 0 spiro atoms. The van der Waals surface area contributed by atoms with Crippen LogP contribution in [0.2, 0.25) is 0 Å². The Balaban J connectivity index is 5.79. The van der Waals surface area contributed by atoms with E-state index in [0.29, 0.717) is 6.08 Å². The van der Waals surface area contributed by atoms with Gasteiger partial charge in [0.15, 0.2) is 23.9 Å². The lowest BCUT2D eigenvalue weighted by Crippen LogP contribution is -2.35. The zero-order valence-corrected chi connectivity index (χ0v) is 12.6. The molecule has 3 atom stereocenters. The van der Waals surface area contributed by atoms with E-state index >= 15 is 0 Å². The molecule has 0 unspecified atom stereocenters. The summed E-state index contributed by atoms with van der Waals surface area (Å²) >= 11 is 0. The molecule has 0 saturated carbocycles. The van der Waals surface area contributed by atoms with Crippen molar-refractivity contribution in [3.8, 4) is 0 Å². The van der Waals surface area contributed by atoms with Crippen LogP contribution in [-0.2, 0) is 19.7 Å². The molecule has 19 heavy (non-hydrogen) atoms. The first-order valence-corrected chi connectivity index (χ1v) is 9.01. The highest BCUT2D eigenvalue weighted by Gasteiger charge is 2.30. The molecule has 0 amide bonds. The van der Waals surface area contributed by atoms with E-state index in [9.17, 15) is 27.0 Å². The largest absolute Gasteiger partial charge is 0.391 e. The van der Waals surface area contributed by atoms with Gasteiger partial charge in [0.05, 0.1) is 17.6 Å². The third-order valence-electron chi connectivity index (χ3n) is 2.52. The van der Waals surface area contributed by atoms with Crippen molar-refractivity contribution >= 4 is 19.7 Å². The van der Waals surface area contributed by atoms with E-state index in [1.807, 2.05) is 0 Å². The molecule has 0 aliphatic carbocycles. The van der Waals surface area contributed by atoms with Gasteiger partial charge in [0.25, 0.3) is 0 Å². The lowest BCUT2D eigenvalue weighted by molar-refractivity contribution is -0.0327. The Morgan fingerprint density at radius 1 is 1.00 bits per heavy atom. The van der Waals surface area contributed by atoms with Crippen molar-refractivity contribution in [2.75, 3.05) is 11.5 Å². The van der Waals surface area contributed by atoms with Crippen LogP contribution in [0.25, 0.3) is 0 Å². The standard InChI is InChI=1S/C10H20O7S2/c1-4-18(14,15)9(19(16,17)5-2)6-8(12)10(13)7(3)11/h6-8,10-13H,4-5H2,1-3H3/t7-,8-,10-/m0/s1. The van der Waals surface area contributed by atoms with Gasteiger partial charge < -0.3 is 15.3 Å². The van der Waals surface area contributed by atoms with E-state index in [1.165, 1.54) is 20.8 Å². The van der Waals surface area contributed by atoms with Crippen LogP contribution in [0.15, 0.2) is 10.3 Å². The van der Waals surface area contributed by atoms with Gasteiger partial charge in [-0.2, -0.15) is 0 Å². The average molecular weight is 316 g/mol. The lowest BCUT2D eigenvalue weighted by Gasteiger charge is -2.18. The Hall–Kier alpha value is -0.480. The fraction of sp³-hybridized carbons (Fsp3) is 0.800. The van der Waals surface area contributed by atoms with E-state index in [-0.39, 0.29) is 0 Å². The van der Waals surface area contributed by atoms with Gasteiger partial charge in [-0.05, 0) is 13.0 Å². The van der Waals surface area contributed by atoms with Gasteiger partial charge >= 0.3 is 0 Å². The van der Waals surface area contributed by atoms with Gasteiger partial charge in [0.1, 0.15) is 12.2 Å². The molecule has 0 aromatic carbocycles. The molecule has 0 aliphatic heterocycles. The number of hydrogen-bond donors (Lipinski definition) is 3. The third kappa shape index (κ3) is 4.84. The van der Waals surface area contributed by atoms with Crippen molar-refractivity contribution < 1.29 is 32.2 Å². The fourth-order valence-corrected chi connectivity index (χ4v) is 4.73. The van der Waals surface area contributed by atoms with E-state index in [1.54, 1.807) is 0 Å². The van der Waals surface area contributed by atoms with Crippen molar-refractivity contribution in [3.05, 3.63) is 10.3 Å². The maximum absolute atomic E-state index is 11.7. The molecule has 0 rings (SSSR count). The molecule has 0 aromatic rings. The van der Waals surface area contributed by atoms with Crippen LogP contribution in [0.4, 0.5) is 0 Å². The predicted octanol–water partition coefficient (Wildman–Crippen LogP) is -1.20. The van der Waals surface area contributed by atoms with Gasteiger partial charge in [-0.25, -0.2) is 16.8 Å². The molecule has 0 bridgehead atoms. The lowest BCUT2D eigenvalue weighted by atomic mass is 10.1. The SMILES string of the molecule is CCS(=O)(=O)C(=C[C@H](O)[C@@H](O)[C@H](C)O)S(=O)(=O)CC. The van der Waals surface area contributed by atoms with E-state index in [4.69, 9.17) is 5.11 Å². The first-order valence-electron chi connectivity index (χ1n) is 5.71. The summed E-state index contributed by atoms with van der Waals surface area (Å²) in [5.74, 6) is -0.898. The van der Waals surface area contributed by atoms with Gasteiger partial charge in [0, 0.05) is 0 Å². The Kier molecular flexibility index (Phi) is 6.63. The third-order valence-corrected chi connectivity index (χ3v) is 7.07. The minimum absolute atomic E-state index is 0.449. The van der Waals surface area contributed by atoms with Crippen molar-refractivity contribution in [2.45, 2.75) is 39.1 Å². The number of sulfone groups is 2. The zero-order chi connectivity index (χ0) is 15.4. The second-order valence-corrected chi connectivity index (χ2v) is 8.77. The first kappa shape index (κ1) is 18.5. The summed E-state index contributed by atoms with van der Waals surface area (Å²) in [5.41, 5.74) is 0. The fourth-order valence-electron chi connectivity index (χ4n) is 1.21. The van der Waals surface area contributed by atoms with E-state index in [2.05, 4.69) is 0 Å². The molecule has 0 fully saturated rings. The highest BCUT2D eigenvalue weighted by Crippen LogP contribution is 2.19. The summed E-state index contributed by atoms with van der Waals surface area (Å²) in [7, 11) is -8.13. The zero-order valence-electron chi connectivity index (χ0n) is 11.0. The summed E-state index contributed by atoms with van der Waals surface area (Å²) in [6.07, 6.45) is -4.23. The van der Waals surface area contributed by atoms with Crippen LogP contribution in [0.1, 0.15) is 20.8 Å². The minimum Gasteiger partial charge on any atom is -0.391 e. The molecule has 7 nitrogen and oxygen atoms in total. The monoisotopic (exact) mass is 316 g/mol. The van der Waals surface area contributed by atoms with Crippen LogP contribution < -0.4 is 0 Å². The summed E-state index contributed by atoms with van der Waals surface area (Å²) in [6, 6.07) is 0. The van der Waals surface area contributed by atoms with Crippen molar-refractivity contribution in [1.82, 2.24) is 0 Å². The van der Waals surface area contributed by atoms with E-state index in [0.717, 1.165) is 0 Å². The van der Waals surface area contributed by atoms with Gasteiger partial charge in [-0.3, -0.25) is 0 Å². The number of aliphatic hydroxyl groups excluding tert-OH is 3. The molecule has 0 heterocycles. The molecular formula is C10H20O7S2. The van der Waals surface area contributed by atoms with Gasteiger partial charge in [-0.1, -0.05) is 13.8 Å². The van der Waals surface area contributed by atoms with Crippen molar-refractivity contribution in [1.29, 1.82) is 0 Å². The smallest absolute Gasteiger partial charge is 0.188 e. The number of hydrogen-bond acceptors (Lipinski definition) is 7. The number of rotatable bonds is 7. The molecule has 114 valence electrons. The van der Waals surface area contributed by atoms with Crippen LogP contribution >= 0.6 is 0 Å². The van der Waals surface area contributed by atoms with E-state index < -0.39 is 53.7 Å². The summed E-state index contributed by atoms with van der Waals surface area (Å²) in [4.78, 5) is 0. The molecule has 0 aromatic heterocycles. The predicted molar refractivity (Wildman–Crippen MR) is 70.7 cm³/mol. The normalized spacial score (nSPS) is 17.6. The minimum atomic E-state index is -4.06. The Labute approximate surface area is 113 Å². The molecule has 9 heteroatoms. The quantitative estimate of drug-likeness (QED) is 0.538. The van der Waals surface area contributed by atoms with Crippen LogP contribution in [0, 0.1) is 0 Å². The molecule has 0 saturated heterocycles. The molecular weight excluding hydrogens is 296 g/mol. The second-order valence-electron chi connectivity index (χ2n) is 4.01. The Morgan fingerprint density at radius 3 is 1.63 bits per heavy atom. The summed E-state index contributed by atoms with van der Waals surface area (Å²) in [6.45, 7) is 3.72. The maximum Gasteiger partial charge on any atom is 0.188 e. The highest BCUT2D eigenvalue weighted by molar-refractivity contribution is 8.14. The molecule has 0 radical (unpaired) electrons. The van der Waals surface area contributed by atoms with Gasteiger partial charge in [0.2, 0.25) is 0 Å². The van der Waals surface area contributed by atoms with Crippen LogP contribution in [0.3, 0.4) is 0 Å². The van der Waals surface area contributed by atoms with Crippen molar-refractivity contribution in [2.24, 2.45) is 0 Å². The van der Waals surface area contributed by atoms with Gasteiger partial charge in [-0.15, -0.1) is 0 Å². The Morgan fingerprint density at radius 2 is 1.37 bits per heavy atom. The second kappa shape index (κ2) is 6.80. The van der Waals surface area contributed by atoms with Crippen molar-refractivity contribution in [3.63, 3.8) is 0 Å². The highest BCUT2D eigenvalue weighted by atomic mass is 32.3. The first-order chi connectivity index (χ1) is 8.49. The van der Waals surface area contributed by atoms with Crippen LogP contribution in [-0.4, -0.2) is 62.0 Å². The maximum atomic E-state index is 11.7. The average Bonchev–Trinajstić information content (AvgIpc) is 2.33. The Bertz CT molecular complexity index is 480. The number of aliphatic hydroxyl groups is 3. The summed E-state index contributed by atoms with van der Waals surface area (Å²) in [5, 5.41) is 28.0. The molecule has 3 N–H and O–H groups in total. The van der Waals surface area contributed by atoms with Crippen LogP contribution in [0.5, 0.6) is 0 Å².